The van der Waals surface area contributed by atoms with Crippen molar-refractivity contribution in [2.24, 2.45) is 0 Å². The number of hydrogen-bond donors (Lipinski definition) is 2. The van der Waals surface area contributed by atoms with E-state index >= 15 is 0 Å². The molecule has 0 bridgehead atoms. The van der Waals surface area contributed by atoms with Crippen LogP contribution >= 0.6 is 7.60 Å². The van der Waals surface area contributed by atoms with Crippen LogP contribution < -0.4 is 5.30 Å². The molecule has 0 amide bonds. The monoisotopic (exact) mass is 384 g/mol. The minimum absolute atomic E-state index is 0.0403. The molecule has 4 aromatic rings. The summed E-state index contributed by atoms with van der Waals surface area (Å²) in [6, 6.07) is 8.78. The van der Waals surface area contributed by atoms with E-state index in [2.05, 4.69) is 10.2 Å². The van der Waals surface area contributed by atoms with Gasteiger partial charge in [0.05, 0.1) is 11.6 Å². The SMILES string of the molecule is Cc1nnc(-c2ccc3occ(-c4ccc(P(=O)(O)O)c(C)c4C)c3c2)o1. The van der Waals surface area contributed by atoms with Gasteiger partial charge in [0, 0.05) is 23.4 Å². The average Bonchev–Trinajstić information content (AvgIpc) is 3.22. The summed E-state index contributed by atoms with van der Waals surface area (Å²) in [7, 11) is -4.32. The minimum Gasteiger partial charge on any atom is -0.464 e. The van der Waals surface area contributed by atoms with Gasteiger partial charge >= 0.3 is 7.60 Å². The van der Waals surface area contributed by atoms with Gasteiger partial charge in [-0.25, -0.2) is 0 Å². The molecule has 0 fully saturated rings. The number of fused-ring (bicyclic) bond motifs is 1. The Hall–Kier alpha value is -2.73. The molecule has 0 saturated carbocycles. The summed E-state index contributed by atoms with van der Waals surface area (Å²) in [4.78, 5) is 19.0. The molecule has 0 aliphatic carbocycles. The number of rotatable bonds is 3. The third kappa shape index (κ3) is 3.00. The molecule has 8 heteroatoms. The fourth-order valence-corrected chi connectivity index (χ4v) is 4.07. The predicted molar refractivity (Wildman–Crippen MR) is 101 cm³/mol. The summed E-state index contributed by atoms with van der Waals surface area (Å²) in [5.41, 5.74) is 4.51. The van der Waals surface area contributed by atoms with E-state index in [-0.39, 0.29) is 5.30 Å². The maximum Gasteiger partial charge on any atom is 0.356 e. The Bertz CT molecular complexity index is 1220. The molecular weight excluding hydrogens is 367 g/mol. The van der Waals surface area contributed by atoms with Crippen LogP contribution in [0.25, 0.3) is 33.6 Å². The van der Waals surface area contributed by atoms with E-state index in [1.807, 2.05) is 25.1 Å². The standard InChI is InChI=1S/C19H17N2O5P/c1-10-11(2)18(27(22,23)24)7-5-14(10)16-9-25-17-6-4-13(8-15(16)17)19-21-20-12(3)26-19/h4-9H,1-3H3,(H2,22,23,24). The van der Waals surface area contributed by atoms with Crippen molar-refractivity contribution in [1.82, 2.24) is 10.2 Å². The van der Waals surface area contributed by atoms with Crippen molar-refractivity contribution in [3.8, 4) is 22.6 Å². The largest absolute Gasteiger partial charge is 0.464 e. The lowest BCUT2D eigenvalue weighted by Crippen LogP contribution is -2.10. The van der Waals surface area contributed by atoms with Gasteiger partial charge in [0.25, 0.3) is 0 Å². The van der Waals surface area contributed by atoms with E-state index < -0.39 is 7.60 Å². The second kappa shape index (κ2) is 6.16. The van der Waals surface area contributed by atoms with E-state index in [9.17, 15) is 14.4 Å². The van der Waals surface area contributed by atoms with Crippen molar-refractivity contribution in [1.29, 1.82) is 0 Å². The van der Waals surface area contributed by atoms with Crippen LogP contribution in [-0.2, 0) is 4.57 Å². The topological polar surface area (TPSA) is 110 Å². The van der Waals surface area contributed by atoms with Gasteiger partial charge in [-0.05, 0) is 54.8 Å². The van der Waals surface area contributed by atoms with Crippen LogP contribution in [0.4, 0.5) is 0 Å². The van der Waals surface area contributed by atoms with E-state index in [4.69, 9.17) is 8.83 Å². The second-order valence-corrected chi connectivity index (χ2v) is 7.98. The highest BCUT2D eigenvalue weighted by molar-refractivity contribution is 7.60. The van der Waals surface area contributed by atoms with Gasteiger partial charge < -0.3 is 18.6 Å². The lowest BCUT2D eigenvalue weighted by molar-refractivity contribution is 0.387. The van der Waals surface area contributed by atoms with Crippen molar-refractivity contribution in [3.63, 3.8) is 0 Å². The van der Waals surface area contributed by atoms with Crippen molar-refractivity contribution in [2.75, 3.05) is 0 Å². The van der Waals surface area contributed by atoms with Gasteiger partial charge in [0.1, 0.15) is 5.58 Å². The molecule has 2 heterocycles. The fourth-order valence-electron chi connectivity index (χ4n) is 3.20. The smallest absolute Gasteiger partial charge is 0.356 e. The third-order valence-electron chi connectivity index (χ3n) is 4.71. The number of nitrogens with zero attached hydrogens (tertiary/aromatic N) is 2. The van der Waals surface area contributed by atoms with Gasteiger partial charge in [-0.1, -0.05) is 6.07 Å². The van der Waals surface area contributed by atoms with E-state index in [0.717, 1.165) is 27.6 Å². The van der Waals surface area contributed by atoms with Crippen molar-refractivity contribution < 1.29 is 23.2 Å². The molecule has 4 rings (SSSR count). The molecular formula is C19H17N2O5P. The van der Waals surface area contributed by atoms with Crippen LogP contribution in [0.15, 0.2) is 45.4 Å². The number of benzene rings is 2. The molecule has 0 radical (unpaired) electrons. The Balaban J connectivity index is 1.90. The van der Waals surface area contributed by atoms with Crippen molar-refractivity contribution >= 4 is 23.9 Å². The Morgan fingerprint density at radius 2 is 1.74 bits per heavy atom. The molecule has 2 N–H and O–H groups in total. The maximum atomic E-state index is 11.7. The number of aromatic nitrogens is 2. The summed E-state index contributed by atoms with van der Waals surface area (Å²) >= 11 is 0. The van der Waals surface area contributed by atoms with Gasteiger partial charge in [0.15, 0.2) is 0 Å². The number of aryl methyl sites for hydroxylation is 1. The Morgan fingerprint density at radius 1 is 0.963 bits per heavy atom. The van der Waals surface area contributed by atoms with Gasteiger partial charge in [-0.15, -0.1) is 10.2 Å². The van der Waals surface area contributed by atoms with E-state index in [0.29, 0.717) is 22.9 Å². The molecule has 0 unspecified atom stereocenters. The van der Waals surface area contributed by atoms with E-state index in [1.165, 1.54) is 6.07 Å². The molecule has 27 heavy (non-hydrogen) atoms. The minimum atomic E-state index is -4.32. The first kappa shape index (κ1) is 17.7. The zero-order valence-electron chi connectivity index (χ0n) is 14.9. The molecule has 0 aliphatic rings. The van der Waals surface area contributed by atoms with Crippen LogP contribution in [-0.4, -0.2) is 20.0 Å². The van der Waals surface area contributed by atoms with Gasteiger partial charge in [-0.3, -0.25) is 4.57 Å². The molecule has 2 aromatic heterocycles. The molecule has 0 saturated heterocycles. The first-order valence-corrected chi connectivity index (χ1v) is 9.85. The summed E-state index contributed by atoms with van der Waals surface area (Å²) in [6.07, 6.45) is 1.65. The number of hydrogen-bond acceptors (Lipinski definition) is 5. The Labute approximate surface area is 154 Å². The third-order valence-corrected chi connectivity index (χ3v) is 5.82. The van der Waals surface area contributed by atoms with E-state index in [1.54, 1.807) is 26.2 Å². The summed E-state index contributed by atoms with van der Waals surface area (Å²) in [5.74, 6) is 0.906. The summed E-state index contributed by atoms with van der Waals surface area (Å²) < 4.78 is 22.8. The van der Waals surface area contributed by atoms with Crippen LogP contribution in [0.5, 0.6) is 0 Å². The zero-order valence-corrected chi connectivity index (χ0v) is 15.8. The van der Waals surface area contributed by atoms with Crippen molar-refractivity contribution in [2.45, 2.75) is 20.8 Å². The van der Waals surface area contributed by atoms with Crippen LogP contribution in [0.1, 0.15) is 17.0 Å². The molecule has 7 nitrogen and oxygen atoms in total. The molecule has 0 atom stereocenters. The summed E-state index contributed by atoms with van der Waals surface area (Å²) in [5, 5.41) is 8.80. The quantitative estimate of drug-likeness (QED) is 0.516. The maximum absolute atomic E-state index is 11.7. The molecule has 2 aromatic carbocycles. The zero-order chi connectivity index (χ0) is 19.3. The fraction of sp³-hybridized carbons (Fsp3) is 0.158. The Morgan fingerprint density at radius 3 is 2.41 bits per heavy atom. The molecule has 138 valence electrons. The highest BCUT2D eigenvalue weighted by Crippen LogP contribution is 2.39. The average molecular weight is 384 g/mol. The normalized spacial score (nSPS) is 12.0. The Kier molecular flexibility index (Phi) is 4.03. The molecule has 0 aliphatic heterocycles. The van der Waals surface area contributed by atoms with Gasteiger partial charge in [-0.2, -0.15) is 0 Å². The van der Waals surface area contributed by atoms with Crippen LogP contribution in [0, 0.1) is 20.8 Å². The first-order valence-electron chi connectivity index (χ1n) is 8.24. The lowest BCUT2D eigenvalue weighted by atomic mass is 9.96. The summed E-state index contributed by atoms with van der Waals surface area (Å²) in [6.45, 7) is 5.28. The predicted octanol–water partition coefficient (Wildman–Crippen LogP) is 3.88. The first-order chi connectivity index (χ1) is 12.8. The van der Waals surface area contributed by atoms with Crippen LogP contribution in [0.3, 0.4) is 0 Å². The highest BCUT2D eigenvalue weighted by Gasteiger charge is 2.23. The highest BCUT2D eigenvalue weighted by atomic mass is 31.2. The second-order valence-electron chi connectivity index (χ2n) is 6.41. The van der Waals surface area contributed by atoms with Crippen molar-refractivity contribution in [3.05, 3.63) is 53.6 Å². The lowest BCUT2D eigenvalue weighted by Gasteiger charge is -2.13. The number of furan rings is 1. The van der Waals surface area contributed by atoms with Crippen LogP contribution in [0.2, 0.25) is 0 Å². The van der Waals surface area contributed by atoms with Gasteiger partial charge in [0.2, 0.25) is 11.8 Å². The molecule has 0 spiro atoms.